The number of carbonyl (C=O) groups excluding carboxylic acids is 2. The molecule has 1 saturated carbocycles. The van der Waals surface area contributed by atoms with Gasteiger partial charge in [0.15, 0.2) is 0 Å². The van der Waals surface area contributed by atoms with E-state index in [1.807, 2.05) is 26.8 Å². The molecule has 4 rings (SSSR count). The molecule has 196 valence electrons. The maximum Gasteiger partial charge on any atom is 0.410 e. The van der Waals surface area contributed by atoms with Gasteiger partial charge in [-0.1, -0.05) is 43.5 Å². The molecule has 0 unspecified atom stereocenters. The number of nitrogens with zero attached hydrogens (tertiary/aromatic N) is 1. The van der Waals surface area contributed by atoms with Crippen molar-refractivity contribution in [1.82, 2.24) is 14.9 Å². The Hall–Kier alpha value is -2.65. The van der Waals surface area contributed by atoms with Gasteiger partial charge in [-0.3, -0.25) is 4.79 Å². The Balaban J connectivity index is 1.47. The maximum atomic E-state index is 13.4. The fraction of sp³-hybridized carbons (Fsp3) is 0.556. The second-order valence-electron chi connectivity index (χ2n) is 10.8. The number of hydrogen-bond donors (Lipinski definition) is 2. The average molecular weight is 516 g/mol. The lowest BCUT2D eigenvalue weighted by atomic mass is 9.95. The Morgan fingerprint density at radius 1 is 0.889 bits per heavy atom. The molecule has 1 aliphatic carbocycles. The standard InChI is InChI=1S/C27H37N3O5S/c1-27(2,3)35-26(32)30-17-15-20(16-18-30)29-36(33,34)24-14-13-23(21-11-7-8-12-22(21)24)25(31)28-19-9-5-4-6-10-19/h7-8,11-14,19-20,29H,4-6,9-10,15-18H2,1-3H3,(H,28,31). The smallest absolute Gasteiger partial charge is 0.410 e. The molecule has 0 aromatic heterocycles. The summed E-state index contributed by atoms with van der Waals surface area (Å²) >= 11 is 0. The van der Waals surface area contributed by atoms with Gasteiger partial charge >= 0.3 is 6.09 Å². The van der Waals surface area contributed by atoms with Crippen LogP contribution in [0.4, 0.5) is 4.79 Å². The largest absolute Gasteiger partial charge is 0.444 e. The van der Waals surface area contributed by atoms with Gasteiger partial charge in [-0.25, -0.2) is 17.9 Å². The van der Waals surface area contributed by atoms with Gasteiger partial charge in [0.2, 0.25) is 10.0 Å². The van der Waals surface area contributed by atoms with Crippen molar-refractivity contribution in [2.75, 3.05) is 13.1 Å². The van der Waals surface area contributed by atoms with Gasteiger partial charge < -0.3 is 15.0 Å². The van der Waals surface area contributed by atoms with E-state index in [0.29, 0.717) is 42.3 Å². The van der Waals surface area contributed by atoms with Crippen LogP contribution in [0, 0.1) is 0 Å². The Morgan fingerprint density at radius 3 is 2.17 bits per heavy atom. The Labute approximate surface area is 213 Å². The molecule has 0 bridgehead atoms. The zero-order valence-electron chi connectivity index (χ0n) is 21.4. The summed E-state index contributed by atoms with van der Waals surface area (Å²) in [7, 11) is -3.84. The summed E-state index contributed by atoms with van der Waals surface area (Å²) in [6.07, 6.45) is 6.01. The first kappa shape index (κ1) is 26.4. The highest BCUT2D eigenvalue weighted by Crippen LogP contribution is 2.28. The van der Waals surface area contributed by atoms with Crippen molar-refractivity contribution >= 4 is 32.8 Å². The number of nitrogens with one attached hydrogen (secondary N) is 2. The van der Waals surface area contributed by atoms with Gasteiger partial charge in [-0.05, 0) is 64.0 Å². The molecule has 2 aliphatic rings. The number of sulfonamides is 1. The number of rotatable bonds is 5. The highest BCUT2D eigenvalue weighted by molar-refractivity contribution is 7.89. The molecule has 36 heavy (non-hydrogen) atoms. The number of ether oxygens (including phenoxy) is 1. The van der Waals surface area contributed by atoms with Crippen molar-refractivity contribution in [3.63, 3.8) is 0 Å². The molecule has 1 heterocycles. The highest BCUT2D eigenvalue weighted by Gasteiger charge is 2.30. The number of likely N-dealkylation sites (tertiary alicyclic amines) is 1. The molecule has 2 N–H and O–H groups in total. The molecule has 0 atom stereocenters. The molecule has 1 aliphatic heterocycles. The summed E-state index contributed by atoms with van der Waals surface area (Å²) in [5.74, 6) is -0.162. The second-order valence-corrected chi connectivity index (χ2v) is 12.5. The minimum Gasteiger partial charge on any atom is -0.444 e. The normalized spacial score (nSPS) is 18.2. The van der Waals surface area contributed by atoms with Crippen molar-refractivity contribution < 1.29 is 22.7 Å². The Kier molecular flexibility index (Phi) is 7.90. The number of hydrogen-bond acceptors (Lipinski definition) is 5. The van der Waals surface area contributed by atoms with Crippen molar-refractivity contribution in [3.05, 3.63) is 42.0 Å². The summed E-state index contributed by atoms with van der Waals surface area (Å²) in [4.78, 5) is 27.1. The summed E-state index contributed by atoms with van der Waals surface area (Å²) < 4.78 is 35.0. The van der Waals surface area contributed by atoms with Crippen molar-refractivity contribution in [2.45, 2.75) is 88.3 Å². The Bertz CT molecular complexity index is 1210. The van der Waals surface area contributed by atoms with Crippen LogP contribution in [0.2, 0.25) is 0 Å². The van der Waals surface area contributed by atoms with E-state index in [4.69, 9.17) is 4.74 Å². The van der Waals surface area contributed by atoms with E-state index < -0.39 is 15.6 Å². The van der Waals surface area contributed by atoms with E-state index >= 15 is 0 Å². The average Bonchev–Trinajstić information content (AvgIpc) is 2.83. The lowest BCUT2D eigenvalue weighted by Gasteiger charge is -2.33. The van der Waals surface area contributed by atoms with Crippen LogP contribution in [-0.4, -0.2) is 56.1 Å². The van der Waals surface area contributed by atoms with Gasteiger partial charge in [-0.15, -0.1) is 0 Å². The molecule has 2 fully saturated rings. The quantitative estimate of drug-likeness (QED) is 0.607. The monoisotopic (exact) mass is 515 g/mol. The first-order valence-electron chi connectivity index (χ1n) is 12.9. The first-order chi connectivity index (χ1) is 17.0. The number of fused-ring (bicyclic) bond motifs is 1. The van der Waals surface area contributed by atoms with Crippen molar-refractivity contribution in [2.24, 2.45) is 0 Å². The van der Waals surface area contributed by atoms with Crippen LogP contribution >= 0.6 is 0 Å². The van der Waals surface area contributed by atoms with E-state index in [0.717, 1.165) is 25.7 Å². The summed E-state index contributed by atoms with van der Waals surface area (Å²) in [6.45, 7) is 6.30. The molecule has 2 amide bonds. The minimum absolute atomic E-state index is 0.155. The van der Waals surface area contributed by atoms with E-state index in [9.17, 15) is 18.0 Å². The predicted molar refractivity (Wildman–Crippen MR) is 139 cm³/mol. The molecule has 8 nitrogen and oxygen atoms in total. The topological polar surface area (TPSA) is 105 Å². The minimum atomic E-state index is -3.84. The molecule has 2 aromatic carbocycles. The molecule has 9 heteroatoms. The number of carbonyl (C=O) groups is 2. The van der Waals surface area contributed by atoms with E-state index in [-0.39, 0.29) is 29.0 Å². The SMILES string of the molecule is CC(C)(C)OC(=O)N1CCC(NS(=O)(=O)c2ccc(C(=O)NC3CCCCC3)c3ccccc23)CC1. The first-order valence-corrected chi connectivity index (χ1v) is 14.3. The van der Waals surface area contributed by atoms with E-state index in [1.54, 1.807) is 29.2 Å². The van der Waals surface area contributed by atoms with Crippen molar-refractivity contribution in [3.8, 4) is 0 Å². The summed E-state index contributed by atoms with van der Waals surface area (Å²) in [6, 6.07) is 10.1. The highest BCUT2D eigenvalue weighted by atomic mass is 32.2. The van der Waals surface area contributed by atoms with Crippen LogP contribution in [-0.2, 0) is 14.8 Å². The van der Waals surface area contributed by atoms with Gasteiger partial charge in [0.1, 0.15) is 5.60 Å². The van der Waals surface area contributed by atoms with Gasteiger partial charge in [0.05, 0.1) is 4.90 Å². The molecular formula is C27H37N3O5S. The number of piperidine rings is 1. The third-order valence-corrected chi connectivity index (χ3v) is 8.41. The van der Waals surface area contributed by atoms with Crippen LogP contribution < -0.4 is 10.0 Å². The van der Waals surface area contributed by atoms with Gasteiger partial charge in [-0.2, -0.15) is 0 Å². The van der Waals surface area contributed by atoms with Crippen LogP contribution in [0.5, 0.6) is 0 Å². The third-order valence-electron chi connectivity index (χ3n) is 6.83. The second kappa shape index (κ2) is 10.8. The number of benzene rings is 2. The van der Waals surface area contributed by atoms with Gasteiger partial charge in [0, 0.05) is 36.1 Å². The zero-order chi connectivity index (χ0) is 25.9. The zero-order valence-corrected chi connectivity index (χ0v) is 22.2. The molecular weight excluding hydrogens is 478 g/mol. The number of amides is 2. The van der Waals surface area contributed by atoms with Crippen LogP contribution in [0.15, 0.2) is 41.3 Å². The van der Waals surface area contributed by atoms with Crippen LogP contribution in [0.25, 0.3) is 10.8 Å². The lowest BCUT2D eigenvalue weighted by Crippen LogP contribution is -2.47. The van der Waals surface area contributed by atoms with Gasteiger partial charge in [0.25, 0.3) is 5.91 Å². The summed E-state index contributed by atoms with van der Waals surface area (Å²) in [5, 5.41) is 4.27. The molecule has 2 aromatic rings. The summed E-state index contributed by atoms with van der Waals surface area (Å²) in [5.41, 5.74) is -0.0865. The van der Waals surface area contributed by atoms with Crippen LogP contribution in [0.3, 0.4) is 0 Å². The van der Waals surface area contributed by atoms with Crippen molar-refractivity contribution in [1.29, 1.82) is 0 Å². The third kappa shape index (κ3) is 6.37. The molecule has 0 spiro atoms. The Morgan fingerprint density at radius 2 is 1.53 bits per heavy atom. The fourth-order valence-electron chi connectivity index (χ4n) is 5.00. The molecule has 0 radical (unpaired) electrons. The van der Waals surface area contributed by atoms with E-state index in [1.165, 1.54) is 12.5 Å². The van der Waals surface area contributed by atoms with Crippen LogP contribution in [0.1, 0.15) is 76.1 Å². The van der Waals surface area contributed by atoms with E-state index in [2.05, 4.69) is 10.0 Å². The predicted octanol–water partition coefficient (Wildman–Crippen LogP) is 4.58. The lowest BCUT2D eigenvalue weighted by molar-refractivity contribution is 0.0203. The molecule has 1 saturated heterocycles. The maximum absolute atomic E-state index is 13.4. The fourth-order valence-corrected chi connectivity index (χ4v) is 6.52.